The average Bonchev–Trinajstić information content (AvgIpc) is 3.56. The summed E-state index contributed by atoms with van der Waals surface area (Å²) in [6, 6.07) is 15.5. The highest BCUT2D eigenvalue weighted by Gasteiger charge is 2.16. The zero-order chi connectivity index (χ0) is 22.4. The quantitative estimate of drug-likeness (QED) is 0.393. The van der Waals surface area contributed by atoms with Gasteiger partial charge >= 0.3 is 0 Å². The predicted molar refractivity (Wildman–Crippen MR) is 125 cm³/mol. The van der Waals surface area contributed by atoms with Gasteiger partial charge in [0.15, 0.2) is 10.8 Å². The molecule has 164 valence electrons. The summed E-state index contributed by atoms with van der Waals surface area (Å²) >= 11 is 1.46. The highest BCUT2D eigenvalue weighted by Crippen LogP contribution is 2.31. The van der Waals surface area contributed by atoms with Crippen LogP contribution in [0.15, 0.2) is 54.7 Å². The van der Waals surface area contributed by atoms with Gasteiger partial charge in [-0.25, -0.2) is 0 Å². The Morgan fingerprint density at radius 1 is 0.970 bits per heavy atom. The van der Waals surface area contributed by atoms with Gasteiger partial charge in [0.05, 0.1) is 25.4 Å². The van der Waals surface area contributed by atoms with E-state index in [1.54, 1.807) is 24.9 Å². The Balaban J connectivity index is 1.29. The molecule has 0 aliphatic carbocycles. The van der Waals surface area contributed by atoms with Gasteiger partial charge < -0.3 is 19.2 Å². The molecule has 4 heterocycles. The SMILES string of the molecule is COc1ccc2[nH]c(-c3nn4c(COc5ccnc6cc(OC)ccc56)nnc4s3)cc2c1. The van der Waals surface area contributed by atoms with Crippen molar-refractivity contribution < 1.29 is 14.2 Å². The summed E-state index contributed by atoms with van der Waals surface area (Å²) in [5.74, 6) is 2.88. The largest absolute Gasteiger partial charge is 0.497 e. The number of nitrogens with zero attached hydrogens (tertiary/aromatic N) is 5. The molecule has 0 fully saturated rings. The summed E-state index contributed by atoms with van der Waals surface area (Å²) in [5.41, 5.74) is 2.72. The molecule has 0 unspecified atom stereocenters. The number of pyridine rings is 1. The standard InChI is InChI=1S/C23H18N6O3S/c1-30-14-4-6-17-13(9-14)10-19(25-17)22-28-29-21(26-27-23(29)33-22)12-32-20-7-8-24-18-11-15(31-2)3-5-16(18)20/h3-11,25H,12H2,1-2H3. The Morgan fingerprint density at radius 3 is 2.70 bits per heavy atom. The summed E-state index contributed by atoms with van der Waals surface area (Å²) in [6.07, 6.45) is 1.71. The molecule has 0 saturated heterocycles. The molecule has 0 bridgehead atoms. The van der Waals surface area contributed by atoms with Gasteiger partial charge in [-0.2, -0.15) is 9.61 Å². The van der Waals surface area contributed by atoms with Gasteiger partial charge in [-0.15, -0.1) is 10.2 Å². The first-order valence-corrected chi connectivity index (χ1v) is 11.0. The summed E-state index contributed by atoms with van der Waals surface area (Å²) in [7, 11) is 3.29. The van der Waals surface area contributed by atoms with Gasteiger partial charge in [-0.05, 0) is 42.5 Å². The predicted octanol–water partition coefficient (Wildman–Crippen LogP) is 4.48. The maximum atomic E-state index is 6.07. The molecule has 0 saturated carbocycles. The smallest absolute Gasteiger partial charge is 0.235 e. The number of nitrogens with one attached hydrogen (secondary N) is 1. The van der Waals surface area contributed by atoms with Crippen LogP contribution < -0.4 is 14.2 Å². The van der Waals surface area contributed by atoms with Gasteiger partial charge in [-0.3, -0.25) is 4.98 Å². The second-order valence-corrected chi connectivity index (χ2v) is 8.29. The Hall–Kier alpha value is -4.18. The summed E-state index contributed by atoms with van der Waals surface area (Å²) in [4.78, 5) is 8.50. The molecule has 9 nitrogen and oxygen atoms in total. The molecule has 6 aromatic rings. The van der Waals surface area contributed by atoms with Gasteiger partial charge in [-0.1, -0.05) is 11.3 Å². The molecule has 33 heavy (non-hydrogen) atoms. The third kappa shape index (κ3) is 3.40. The van der Waals surface area contributed by atoms with Crippen molar-refractivity contribution in [2.45, 2.75) is 6.61 Å². The minimum absolute atomic E-state index is 0.222. The number of hydrogen-bond donors (Lipinski definition) is 1. The fourth-order valence-corrected chi connectivity index (χ4v) is 4.54. The molecule has 0 aliphatic rings. The Morgan fingerprint density at radius 2 is 1.82 bits per heavy atom. The highest BCUT2D eigenvalue weighted by atomic mass is 32.1. The zero-order valence-corrected chi connectivity index (χ0v) is 18.6. The van der Waals surface area contributed by atoms with E-state index < -0.39 is 0 Å². The van der Waals surface area contributed by atoms with E-state index in [0.717, 1.165) is 44.0 Å². The van der Waals surface area contributed by atoms with E-state index in [1.807, 2.05) is 42.5 Å². The van der Waals surface area contributed by atoms with Gasteiger partial charge in [0, 0.05) is 28.6 Å². The molecule has 0 atom stereocenters. The maximum Gasteiger partial charge on any atom is 0.235 e. The zero-order valence-electron chi connectivity index (χ0n) is 17.8. The lowest BCUT2D eigenvalue weighted by Gasteiger charge is -2.08. The molecule has 2 aromatic carbocycles. The van der Waals surface area contributed by atoms with Crippen molar-refractivity contribution in [3.63, 3.8) is 0 Å². The van der Waals surface area contributed by atoms with Gasteiger partial charge in [0.1, 0.15) is 23.9 Å². The summed E-state index contributed by atoms with van der Waals surface area (Å²) in [6.45, 7) is 0.222. The van der Waals surface area contributed by atoms with Crippen LogP contribution in [0.1, 0.15) is 5.82 Å². The molecule has 1 N–H and O–H groups in total. The lowest BCUT2D eigenvalue weighted by molar-refractivity contribution is 0.296. The molecular formula is C23H18N6O3S. The lowest BCUT2D eigenvalue weighted by Crippen LogP contribution is -2.03. The third-order valence-corrected chi connectivity index (χ3v) is 6.31. The molecule has 4 aromatic heterocycles. The lowest BCUT2D eigenvalue weighted by atomic mass is 10.2. The molecule has 10 heteroatoms. The van der Waals surface area contributed by atoms with E-state index in [2.05, 4.69) is 26.2 Å². The van der Waals surface area contributed by atoms with Crippen LogP contribution in [0, 0.1) is 0 Å². The Labute approximate surface area is 191 Å². The average molecular weight is 459 g/mol. The molecule has 0 spiro atoms. The second-order valence-electron chi connectivity index (χ2n) is 7.33. The van der Waals surface area contributed by atoms with Crippen LogP contribution in [0.5, 0.6) is 17.2 Å². The van der Waals surface area contributed by atoms with E-state index in [-0.39, 0.29) is 6.61 Å². The van der Waals surface area contributed by atoms with Crippen molar-refractivity contribution in [1.29, 1.82) is 0 Å². The molecule has 0 amide bonds. The molecule has 0 aliphatic heterocycles. The van der Waals surface area contributed by atoms with E-state index in [4.69, 9.17) is 19.3 Å². The number of aromatic amines is 1. The van der Waals surface area contributed by atoms with Crippen molar-refractivity contribution in [3.8, 4) is 28.0 Å². The fraction of sp³-hybridized carbons (Fsp3) is 0.130. The normalized spacial score (nSPS) is 11.5. The molecular weight excluding hydrogens is 440 g/mol. The van der Waals surface area contributed by atoms with Crippen LogP contribution in [-0.4, -0.2) is 44.0 Å². The highest BCUT2D eigenvalue weighted by molar-refractivity contribution is 7.19. The van der Waals surface area contributed by atoms with E-state index >= 15 is 0 Å². The number of ether oxygens (including phenoxy) is 3. The van der Waals surface area contributed by atoms with Crippen LogP contribution in [0.3, 0.4) is 0 Å². The second kappa shape index (κ2) is 7.75. The van der Waals surface area contributed by atoms with Gasteiger partial charge in [0.2, 0.25) is 4.96 Å². The van der Waals surface area contributed by atoms with Crippen molar-refractivity contribution >= 4 is 38.1 Å². The van der Waals surface area contributed by atoms with Crippen molar-refractivity contribution in [3.05, 3.63) is 60.6 Å². The number of fused-ring (bicyclic) bond motifs is 3. The first-order valence-electron chi connectivity index (χ1n) is 10.2. The van der Waals surface area contributed by atoms with E-state index in [1.165, 1.54) is 11.3 Å². The maximum absolute atomic E-state index is 6.07. The van der Waals surface area contributed by atoms with E-state index in [0.29, 0.717) is 16.5 Å². The number of aromatic nitrogens is 6. The van der Waals surface area contributed by atoms with Crippen LogP contribution in [0.2, 0.25) is 0 Å². The molecule has 0 radical (unpaired) electrons. The van der Waals surface area contributed by atoms with Crippen molar-refractivity contribution in [2.75, 3.05) is 14.2 Å². The van der Waals surface area contributed by atoms with Crippen molar-refractivity contribution in [1.82, 2.24) is 29.8 Å². The number of benzene rings is 2. The van der Waals surface area contributed by atoms with Crippen LogP contribution in [-0.2, 0) is 6.61 Å². The number of rotatable bonds is 6. The summed E-state index contributed by atoms with van der Waals surface area (Å²) < 4.78 is 18.4. The monoisotopic (exact) mass is 458 g/mol. The van der Waals surface area contributed by atoms with Crippen molar-refractivity contribution in [2.24, 2.45) is 0 Å². The Bertz CT molecular complexity index is 1620. The van der Waals surface area contributed by atoms with Gasteiger partial charge in [0.25, 0.3) is 0 Å². The first kappa shape index (κ1) is 19.5. The molecule has 6 rings (SSSR count). The number of hydrogen-bond acceptors (Lipinski definition) is 8. The van der Waals surface area contributed by atoms with Crippen LogP contribution in [0.25, 0.3) is 37.5 Å². The first-order chi connectivity index (χ1) is 16.2. The van der Waals surface area contributed by atoms with E-state index in [9.17, 15) is 0 Å². The minimum Gasteiger partial charge on any atom is -0.497 e. The van der Waals surface area contributed by atoms with Crippen LogP contribution >= 0.6 is 11.3 Å². The number of H-pyrrole nitrogens is 1. The summed E-state index contributed by atoms with van der Waals surface area (Å²) in [5, 5.41) is 16.0. The topological polar surface area (TPSA) is 99.5 Å². The minimum atomic E-state index is 0.222. The third-order valence-electron chi connectivity index (χ3n) is 5.38. The number of methoxy groups -OCH3 is 2. The Kier molecular flexibility index (Phi) is 4.58. The fourth-order valence-electron chi connectivity index (χ4n) is 3.71. The van der Waals surface area contributed by atoms with Crippen LogP contribution in [0.4, 0.5) is 0 Å².